The van der Waals surface area contributed by atoms with Crippen LogP contribution in [0.2, 0.25) is 0 Å². The Morgan fingerprint density at radius 2 is 1.93 bits per heavy atom. The zero-order chi connectivity index (χ0) is 20.1. The summed E-state index contributed by atoms with van der Waals surface area (Å²) in [5.74, 6) is 0.643. The van der Waals surface area contributed by atoms with E-state index in [0.717, 1.165) is 5.56 Å². The fourth-order valence-electron chi connectivity index (χ4n) is 2.41. The molecule has 0 aliphatic rings. The van der Waals surface area contributed by atoms with Crippen LogP contribution in [0.25, 0.3) is 11.3 Å². The monoisotopic (exact) mass is 376 g/mol. The lowest BCUT2D eigenvalue weighted by atomic mass is 10.1. The van der Waals surface area contributed by atoms with Gasteiger partial charge >= 0.3 is 6.09 Å². The maximum absolute atomic E-state index is 12.1. The summed E-state index contributed by atoms with van der Waals surface area (Å²) >= 11 is 0. The standard InChI is InChI=1S/C21H20N4O3/c1-21(2,3)28-20(26)25-12-18(24-14-25)15-6-8-17(9-7-15)27-13-19-16(11-22)5-4-10-23-19/h4-10,12,14H,13H2,1-3H3. The molecule has 0 saturated carbocycles. The highest BCUT2D eigenvalue weighted by Gasteiger charge is 2.18. The predicted molar refractivity (Wildman–Crippen MR) is 103 cm³/mol. The van der Waals surface area contributed by atoms with Crippen molar-refractivity contribution in [3.63, 3.8) is 0 Å². The van der Waals surface area contributed by atoms with E-state index in [1.165, 1.54) is 10.9 Å². The highest BCUT2D eigenvalue weighted by Crippen LogP contribution is 2.22. The van der Waals surface area contributed by atoms with Crippen molar-refractivity contribution in [2.45, 2.75) is 33.0 Å². The Hall–Kier alpha value is -3.66. The Morgan fingerprint density at radius 3 is 2.61 bits per heavy atom. The van der Waals surface area contributed by atoms with E-state index in [4.69, 9.17) is 14.7 Å². The van der Waals surface area contributed by atoms with Crippen molar-refractivity contribution in [1.29, 1.82) is 5.26 Å². The van der Waals surface area contributed by atoms with Gasteiger partial charge in [-0.15, -0.1) is 0 Å². The molecule has 0 bridgehead atoms. The van der Waals surface area contributed by atoms with Gasteiger partial charge in [-0.05, 0) is 57.2 Å². The second kappa shape index (κ2) is 7.92. The summed E-state index contributed by atoms with van der Waals surface area (Å²) in [6.07, 6.45) is 4.20. The van der Waals surface area contributed by atoms with Crippen molar-refractivity contribution in [2.24, 2.45) is 0 Å². The highest BCUT2D eigenvalue weighted by atomic mass is 16.6. The number of nitrogens with zero attached hydrogens (tertiary/aromatic N) is 4. The number of aromatic nitrogens is 3. The first-order chi connectivity index (χ1) is 13.4. The van der Waals surface area contributed by atoms with E-state index in [1.54, 1.807) is 36.7 Å². The maximum Gasteiger partial charge on any atom is 0.419 e. The van der Waals surface area contributed by atoms with Crippen LogP contribution in [0.5, 0.6) is 5.75 Å². The number of ether oxygens (including phenoxy) is 2. The molecule has 0 fully saturated rings. The van der Waals surface area contributed by atoms with Crippen molar-refractivity contribution in [3.8, 4) is 23.1 Å². The number of hydrogen-bond acceptors (Lipinski definition) is 6. The molecule has 142 valence electrons. The molecule has 0 amide bonds. The molecule has 0 radical (unpaired) electrons. The highest BCUT2D eigenvalue weighted by molar-refractivity contribution is 5.73. The molecule has 7 nitrogen and oxygen atoms in total. The van der Waals surface area contributed by atoms with Gasteiger partial charge < -0.3 is 9.47 Å². The number of nitriles is 1. The topological polar surface area (TPSA) is 90.0 Å². The second-order valence-corrected chi connectivity index (χ2v) is 7.07. The third kappa shape index (κ3) is 4.74. The van der Waals surface area contributed by atoms with E-state index >= 15 is 0 Å². The molecular formula is C21H20N4O3. The Labute approximate surface area is 163 Å². The minimum atomic E-state index is -0.570. The van der Waals surface area contributed by atoms with Gasteiger partial charge in [0.15, 0.2) is 0 Å². The van der Waals surface area contributed by atoms with Gasteiger partial charge in [0, 0.05) is 18.0 Å². The van der Waals surface area contributed by atoms with Gasteiger partial charge in [0.2, 0.25) is 0 Å². The number of carbonyl (C=O) groups is 1. The Balaban J connectivity index is 1.66. The Morgan fingerprint density at radius 1 is 1.18 bits per heavy atom. The summed E-state index contributed by atoms with van der Waals surface area (Å²) in [5, 5.41) is 9.09. The molecule has 0 spiro atoms. The van der Waals surface area contributed by atoms with Crippen LogP contribution in [0.4, 0.5) is 4.79 Å². The third-order valence-electron chi connectivity index (χ3n) is 3.72. The number of hydrogen-bond donors (Lipinski definition) is 0. The lowest BCUT2D eigenvalue weighted by Crippen LogP contribution is -2.26. The molecule has 28 heavy (non-hydrogen) atoms. The number of imidazole rings is 1. The van der Waals surface area contributed by atoms with E-state index in [-0.39, 0.29) is 6.61 Å². The molecule has 0 atom stereocenters. The minimum Gasteiger partial charge on any atom is -0.487 e. The Bertz CT molecular complexity index is 1010. The predicted octanol–water partition coefficient (Wildman–Crippen LogP) is 4.18. The number of pyridine rings is 1. The lowest BCUT2D eigenvalue weighted by Gasteiger charge is -2.19. The average molecular weight is 376 g/mol. The van der Waals surface area contributed by atoms with E-state index < -0.39 is 11.7 Å². The molecule has 2 heterocycles. The van der Waals surface area contributed by atoms with E-state index in [2.05, 4.69) is 16.0 Å². The molecule has 0 saturated heterocycles. The second-order valence-electron chi connectivity index (χ2n) is 7.07. The molecule has 0 aliphatic heterocycles. The summed E-state index contributed by atoms with van der Waals surface area (Å²) in [7, 11) is 0. The lowest BCUT2D eigenvalue weighted by molar-refractivity contribution is 0.0536. The molecule has 1 aromatic carbocycles. The van der Waals surface area contributed by atoms with Crippen molar-refractivity contribution < 1.29 is 14.3 Å². The van der Waals surface area contributed by atoms with Crippen LogP contribution < -0.4 is 4.74 Å². The quantitative estimate of drug-likeness (QED) is 0.678. The van der Waals surface area contributed by atoms with E-state index in [0.29, 0.717) is 22.7 Å². The summed E-state index contributed by atoms with van der Waals surface area (Å²) in [6.45, 7) is 5.64. The van der Waals surface area contributed by atoms with Gasteiger partial charge in [-0.3, -0.25) is 4.98 Å². The van der Waals surface area contributed by atoms with Crippen LogP contribution in [-0.2, 0) is 11.3 Å². The van der Waals surface area contributed by atoms with Gasteiger partial charge in [-0.25, -0.2) is 14.3 Å². The molecule has 0 unspecified atom stereocenters. The van der Waals surface area contributed by atoms with Crippen molar-refractivity contribution in [2.75, 3.05) is 0 Å². The minimum absolute atomic E-state index is 0.205. The molecular weight excluding hydrogens is 356 g/mol. The first-order valence-corrected chi connectivity index (χ1v) is 8.70. The van der Waals surface area contributed by atoms with Crippen LogP contribution in [0.3, 0.4) is 0 Å². The van der Waals surface area contributed by atoms with Crippen molar-refractivity contribution >= 4 is 6.09 Å². The first kappa shape index (κ1) is 19.1. The normalized spacial score (nSPS) is 10.9. The van der Waals surface area contributed by atoms with Crippen LogP contribution >= 0.6 is 0 Å². The average Bonchev–Trinajstić information content (AvgIpc) is 3.16. The van der Waals surface area contributed by atoms with Crippen molar-refractivity contribution in [3.05, 3.63) is 66.4 Å². The molecule has 3 rings (SSSR count). The maximum atomic E-state index is 12.1. The van der Waals surface area contributed by atoms with Crippen LogP contribution in [0.1, 0.15) is 32.0 Å². The molecule has 0 N–H and O–H groups in total. The molecule has 0 aliphatic carbocycles. The SMILES string of the molecule is CC(C)(C)OC(=O)n1cnc(-c2ccc(OCc3ncccc3C#N)cc2)c1. The number of rotatable bonds is 4. The fourth-order valence-corrected chi connectivity index (χ4v) is 2.41. The summed E-state index contributed by atoms with van der Waals surface area (Å²) in [6, 6.07) is 12.8. The van der Waals surface area contributed by atoms with Crippen molar-refractivity contribution in [1.82, 2.24) is 14.5 Å². The molecule has 7 heteroatoms. The van der Waals surface area contributed by atoms with Crippen LogP contribution in [0.15, 0.2) is 55.1 Å². The van der Waals surface area contributed by atoms with Gasteiger partial charge in [-0.1, -0.05) is 0 Å². The third-order valence-corrected chi connectivity index (χ3v) is 3.72. The van der Waals surface area contributed by atoms with E-state index in [9.17, 15) is 4.79 Å². The van der Waals surface area contributed by atoms with Gasteiger partial charge in [0.05, 0.1) is 17.0 Å². The summed E-state index contributed by atoms with van der Waals surface area (Å²) in [5.41, 5.74) is 2.00. The number of carbonyl (C=O) groups excluding carboxylic acids is 1. The Kier molecular flexibility index (Phi) is 5.41. The van der Waals surface area contributed by atoms with Crippen LogP contribution in [-0.4, -0.2) is 26.2 Å². The largest absolute Gasteiger partial charge is 0.487 e. The van der Waals surface area contributed by atoms with Crippen LogP contribution in [0, 0.1) is 11.3 Å². The van der Waals surface area contributed by atoms with Gasteiger partial charge in [0.25, 0.3) is 0 Å². The van der Waals surface area contributed by atoms with Gasteiger partial charge in [0.1, 0.15) is 30.4 Å². The zero-order valence-electron chi connectivity index (χ0n) is 15.9. The van der Waals surface area contributed by atoms with E-state index in [1.807, 2.05) is 32.9 Å². The number of benzene rings is 1. The molecule has 2 aromatic heterocycles. The van der Waals surface area contributed by atoms with Gasteiger partial charge in [-0.2, -0.15) is 5.26 Å². The zero-order valence-corrected chi connectivity index (χ0v) is 15.9. The smallest absolute Gasteiger partial charge is 0.419 e. The summed E-state index contributed by atoms with van der Waals surface area (Å²) < 4.78 is 12.3. The fraction of sp³-hybridized carbons (Fsp3) is 0.238. The first-order valence-electron chi connectivity index (χ1n) is 8.70. The molecule has 3 aromatic rings. The summed E-state index contributed by atoms with van der Waals surface area (Å²) in [4.78, 5) is 20.5.